The van der Waals surface area contributed by atoms with E-state index in [0.717, 1.165) is 29.6 Å². The van der Waals surface area contributed by atoms with Crippen LogP contribution in [-0.2, 0) is 23.9 Å². The van der Waals surface area contributed by atoms with E-state index in [9.17, 15) is 22.8 Å². The predicted octanol–water partition coefficient (Wildman–Crippen LogP) is 3.04. The van der Waals surface area contributed by atoms with E-state index < -0.39 is 11.9 Å². The van der Waals surface area contributed by atoms with Crippen LogP contribution in [0.3, 0.4) is 0 Å². The van der Waals surface area contributed by atoms with Crippen molar-refractivity contribution in [2.45, 2.75) is 44.9 Å². The van der Waals surface area contributed by atoms with Crippen molar-refractivity contribution in [1.29, 1.82) is 5.26 Å². The molecule has 3 aromatic heterocycles. The van der Waals surface area contributed by atoms with Gasteiger partial charge in [0.05, 0.1) is 29.6 Å². The predicted molar refractivity (Wildman–Crippen MR) is 150 cm³/mol. The summed E-state index contributed by atoms with van der Waals surface area (Å²) in [6.07, 6.45) is 2.97. The Morgan fingerprint density at radius 2 is 2.02 bits per heavy atom. The number of fused-ring (bicyclic) bond motifs is 1. The topological polar surface area (TPSA) is 154 Å². The van der Waals surface area contributed by atoms with E-state index in [-0.39, 0.29) is 47.9 Å². The highest BCUT2D eigenvalue weighted by molar-refractivity contribution is 5.96. The summed E-state index contributed by atoms with van der Waals surface area (Å²) in [7, 11) is 0. The van der Waals surface area contributed by atoms with Crippen molar-refractivity contribution in [3.8, 4) is 17.3 Å². The van der Waals surface area contributed by atoms with E-state index >= 15 is 0 Å². The molecule has 1 aromatic carbocycles. The molecule has 0 aliphatic carbocycles. The fraction of sp³-hybridized carbons (Fsp3) is 0.357. The van der Waals surface area contributed by atoms with Crippen LogP contribution in [0, 0.1) is 11.3 Å². The van der Waals surface area contributed by atoms with Crippen LogP contribution in [0.1, 0.15) is 41.4 Å². The van der Waals surface area contributed by atoms with Crippen LogP contribution in [0.25, 0.3) is 16.9 Å². The number of carbonyl (C=O) groups is 2. The average Bonchev–Trinajstić information content (AvgIpc) is 3.75. The molecule has 0 unspecified atom stereocenters. The van der Waals surface area contributed by atoms with Gasteiger partial charge < -0.3 is 21.3 Å². The largest absolute Gasteiger partial charge is 0.435 e. The van der Waals surface area contributed by atoms with E-state index in [1.807, 2.05) is 6.92 Å². The lowest BCUT2D eigenvalue weighted by molar-refractivity contribution is -0.141. The smallest absolute Gasteiger partial charge is 0.353 e. The molecule has 2 amide bonds. The lowest BCUT2D eigenvalue weighted by Crippen LogP contribution is -2.43. The Bertz CT molecular complexity index is 1680. The zero-order valence-corrected chi connectivity index (χ0v) is 23.2. The second kappa shape index (κ2) is 12.5. The molecule has 1 fully saturated rings. The van der Waals surface area contributed by atoms with Gasteiger partial charge in [0.15, 0.2) is 17.2 Å². The molecule has 12 nitrogen and oxygen atoms in total. The van der Waals surface area contributed by atoms with Gasteiger partial charge in [0, 0.05) is 42.9 Å². The number of carbonyl (C=O) groups excluding carboxylic acids is 2. The first-order valence-corrected chi connectivity index (χ1v) is 13.7. The molecule has 4 N–H and O–H groups in total. The van der Waals surface area contributed by atoms with Crippen molar-refractivity contribution >= 4 is 29.0 Å². The molecular formula is C28H29F3N10O2. The maximum Gasteiger partial charge on any atom is 0.435 e. The molecule has 1 aliphatic rings. The highest BCUT2D eigenvalue weighted by atomic mass is 19.4. The first-order valence-electron chi connectivity index (χ1n) is 13.7. The lowest BCUT2D eigenvalue weighted by atomic mass is 10.0. The van der Waals surface area contributed by atoms with Crippen LogP contribution in [0.5, 0.6) is 0 Å². The number of anilines is 2. The van der Waals surface area contributed by atoms with Crippen molar-refractivity contribution in [1.82, 2.24) is 40.1 Å². The first kappa shape index (κ1) is 29.5. The molecule has 5 rings (SSSR count). The van der Waals surface area contributed by atoms with Crippen LogP contribution < -0.4 is 21.3 Å². The van der Waals surface area contributed by atoms with Crippen molar-refractivity contribution in [3.63, 3.8) is 0 Å². The standard InChI is InChI=1S/C28H29F3N10O2/c1-2-17-14-18(5-6-19(17)26(42)35-9-10-36-27(43)21-4-3-8-33-21)38-24-25-37-15-22(41(25)13-11-34-24)20-16-40(12-7-32)39-23(20)28(29,30)31/h5-6,11,13-16,21,33H,2-4,8-10,12H2,1H3,(H,34,38)(H,35,42)(H,36,43)/t21-/m0/s1. The van der Waals surface area contributed by atoms with Gasteiger partial charge in [-0.05, 0) is 49.6 Å². The Kier molecular flexibility index (Phi) is 8.58. The number of alkyl halides is 3. The fourth-order valence-electron chi connectivity index (χ4n) is 4.99. The fourth-order valence-corrected chi connectivity index (χ4v) is 4.99. The van der Waals surface area contributed by atoms with Crippen molar-refractivity contribution in [2.75, 3.05) is 25.0 Å². The molecule has 224 valence electrons. The van der Waals surface area contributed by atoms with Gasteiger partial charge in [0.2, 0.25) is 5.91 Å². The number of nitriles is 1. The van der Waals surface area contributed by atoms with E-state index in [1.165, 1.54) is 29.2 Å². The normalized spacial score (nSPS) is 14.9. The van der Waals surface area contributed by atoms with Crippen LogP contribution in [0.4, 0.5) is 24.7 Å². The van der Waals surface area contributed by atoms with E-state index in [4.69, 9.17) is 5.26 Å². The molecule has 0 bridgehead atoms. The molecule has 4 aromatic rings. The van der Waals surface area contributed by atoms with Crippen LogP contribution >= 0.6 is 0 Å². The molecule has 4 heterocycles. The Morgan fingerprint density at radius 1 is 1.21 bits per heavy atom. The summed E-state index contributed by atoms with van der Waals surface area (Å²) >= 11 is 0. The highest BCUT2D eigenvalue weighted by Gasteiger charge is 2.38. The molecular weight excluding hydrogens is 565 g/mol. The zero-order valence-electron chi connectivity index (χ0n) is 23.2. The van der Waals surface area contributed by atoms with Gasteiger partial charge in [-0.1, -0.05) is 6.92 Å². The molecule has 1 aliphatic heterocycles. The number of halogens is 3. The van der Waals surface area contributed by atoms with Gasteiger partial charge in [-0.15, -0.1) is 0 Å². The molecule has 0 spiro atoms. The molecule has 43 heavy (non-hydrogen) atoms. The summed E-state index contributed by atoms with van der Waals surface area (Å²) in [5.41, 5.74) is 0.920. The van der Waals surface area contributed by atoms with Crippen LogP contribution in [0.15, 0.2) is 43.0 Å². The Labute approximate surface area is 244 Å². The third-order valence-corrected chi connectivity index (χ3v) is 7.05. The number of imidazole rings is 1. The van der Waals surface area contributed by atoms with Gasteiger partial charge in [-0.2, -0.15) is 23.5 Å². The maximum absolute atomic E-state index is 13.7. The summed E-state index contributed by atoms with van der Waals surface area (Å²) in [6, 6.07) is 6.78. The Hall–Kier alpha value is -4.97. The molecule has 1 atom stereocenters. The van der Waals surface area contributed by atoms with Crippen LogP contribution in [0.2, 0.25) is 0 Å². The average molecular weight is 595 g/mol. The van der Waals surface area contributed by atoms with E-state index in [0.29, 0.717) is 30.0 Å². The van der Waals surface area contributed by atoms with Crippen LogP contribution in [-0.4, -0.2) is 61.6 Å². The number of nitrogens with one attached hydrogen (secondary N) is 4. The maximum atomic E-state index is 13.7. The minimum Gasteiger partial charge on any atom is -0.353 e. The van der Waals surface area contributed by atoms with Gasteiger partial charge in [-0.25, -0.2) is 9.97 Å². The zero-order chi connectivity index (χ0) is 30.6. The van der Waals surface area contributed by atoms with Gasteiger partial charge in [0.25, 0.3) is 5.91 Å². The summed E-state index contributed by atoms with van der Waals surface area (Å²) < 4.78 is 43.6. The summed E-state index contributed by atoms with van der Waals surface area (Å²) in [5, 5.41) is 24.4. The van der Waals surface area contributed by atoms with Gasteiger partial charge in [0.1, 0.15) is 6.54 Å². The number of amides is 2. The van der Waals surface area contributed by atoms with Gasteiger partial charge >= 0.3 is 6.18 Å². The number of nitrogens with zero attached hydrogens (tertiary/aromatic N) is 6. The quantitative estimate of drug-likeness (QED) is 0.204. The second-order valence-electron chi connectivity index (χ2n) is 9.90. The minimum absolute atomic E-state index is 0.0699. The lowest BCUT2D eigenvalue weighted by Gasteiger charge is -2.14. The number of aryl methyl sites for hydroxylation is 1. The van der Waals surface area contributed by atoms with Crippen molar-refractivity contribution in [2.24, 2.45) is 0 Å². The minimum atomic E-state index is -4.74. The van der Waals surface area contributed by atoms with E-state index in [1.54, 1.807) is 24.3 Å². The number of aromatic nitrogens is 5. The third-order valence-electron chi connectivity index (χ3n) is 7.05. The summed E-state index contributed by atoms with van der Waals surface area (Å²) in [4.78, 5) is 33.6. The summed E-state index contributed by atoms with van der Waals surface area (Å²) in [6.45, 7) is 2.99. The van der Waals surface area contributed by atoms with E-state index in [2.05, 4.69) is 36.3 Å². The second-order valence-corrected chi connectivity index (χ2v) is 9.90. The van der Waals surface area contributed by atoms with Crippen molar-refractivity contribution in [3.05, 3.63) is 59.8 Å². The Balaban J connectivity index is 1.31. The first-order chi connectivity index (χ1) is 20.7. The molecule has 0 radical (unpaired) electrons. The molecule has 15 heteroatoms. The molecule has 1 saturated heterocycles. The number of hydrogen-bond acceptors (Lipinski definition) is 8. The third kappa shape index (κ3) is 6.44. The monoisotopic (exact) mass is 594 g/mol. The highest BCUT2D eigenvalue weighted by Crippen LogP contribution is 2.37. The number of benzene rings is 1. The van der Waals surface area contributed by atoms with Crippen molar-refractivity contribution < 1.29 is 22.8 Å². The van der Waals surface area contributed by atoms with Gasteiger partial charge in [-0.3, -0.25) is 18.7 Å². The number of rotatable bonds is 10. The SMILES string of the molecule is CCc1cc(Nc2nccn3c(-c4cn(CC#N)nc4C(F)(F)F)cnc23)ccc1C(=O)NCCNC(=O)[C@@H]1CCCN1. The summed E-state index contributed by atoms with van der Waals surface area (Å²) in [5.74, 6) is -0.0508. The molecule has 0 saturated carbocycles. The Morgan fingerprint density at radius 3 is 2.74 bits per heavy atom. The number of hydrogen-bond donors (Lipinski definition) is 4.